The molecular formula is C88H59BN8. The molecule has 0 unspecified atom stereocenters. The third kappa shape index (κ3) is 9.03. The van der Waals surface area contributed by atoms with Crippen molar-refractivity contribution in [2.45, 2.75) is 19.3 Å². The largest absolute Gasteiger partial charge is 0.311 e. The highest BCUT2D eigenvalue weighted by molar-refractivity contribution is 7.00. The van der Waals surface area contributed by atoms with Crippen LogP contribution in [0.5, 0.6) is 0 Å². The highest BCUT2D eigenvalue weighted by Crippen LogP contribution is 2.53. The first-order chi connectivity index (χ1) is 47.9. The van der Waals surface area contributed by atoms with Crippen LogP contribution in [0.3, 0.4) is 0 Å². The van der Waals surface area contributed by atoms with Gasteiger partial charge in [0.2, 0.25) is 0 Å². The van der Waals surface area contributed by atoms with Gasteiger partial charge in [-0.25, -0.2) is 24.9 Å². The zero-order valence-electron chi connectivity index (χ0n) is 53.3. The molecule has 8 nitrogen and oxygen atoms in total. The third-order valence-electron chi connectivity index (χ3n) is 20.1. The maximum Gasteiger partial charge on any atom is 0.252 e. The zero-order chi connectivity index (χ0) is 64.3. The van der Waals surface area contributed by atoms with E-state index in [9.17, 15) is 0 Å². The second-order valence-corrected chi connectivity index (χ2v) is 25.9. The summed E-state index contributed by atoms with van der Waals surface area (Å²) in [4.78, 5) is 32.1. The molecular weight excluding hydrogens is 1180 g/mol. The number of benzene rings is 13. The number of para-hydroxylation sites is 5. The molecule has 0 N–H and O–H groups in total. The van der Waals surface area contributed by atoms with Crippen LogP contribution >= 0.6 is 0 Å². The van der Waals surface area contributed by atoms with E-state index in [0.717, 1.165) is 106 Å². The van der Waals surface area contributed by atoms with Gasteiger partial charge < -0.3 is 14.4 Å². The Labute approximate surface area is 562 Å². The number of nitrogens with zero attached hydrogens (tertiary/aromatic N) is 8. The monoisotopic (exact) mass is 1240 g/mol. The topological polar surface area (TPSA) is 75.9 Å². The molecule has 1 aliphatic carbocycles. The van der Waals surface area contributed by atoms with Crippen LogP contribution in [0, 0.1) is 0 Å². The molecule has 3 aliphatic rings. The summed E-state index contributed by atoms with van der Waals surface area (Å²) in [5.41, 5.74) is 27.9. The molecule has 5 heterocycles. The Kier molecular flexibility index (Phi) is 12.9. The van der Waals surface area contributed by atoms with E-state index >= 15 is 0 Å². The van der Waals surface area contributed by atoms with E-state index in [4.69, 9.17) is 24.9 Å². The van der Waals surface area contributed by atoms with Crippen LogP contribution in [0.15, 0.2) is 322 Å². The Morgan fingerprint density at radius 2 is 0.784 bits per heavy atom. The predicted octanol–water partition coefficient (Wildman–Crippen LogP) is 19.8. The fourth-order valence-corrected chi connectivity index (χ4v) is 15.6. The van der Waals surface area contributed by atoms with Crippen LogP contribution in [-0.4, -0.2) is 36.2 Å². The second-order valence-electron chi connectivity index (χ2n) is 25.9. The smallest absolute Gasteiger partial charge is 0.252 e. The quantitative estimate of drug-likeness (QED) is 0.126. The summed E-state index contributed by atoms with van der Waals surface area (Å²) in [5.74, 6) is 2.26. The Morgan fingerprint density at radius 3 is 1.43 bits per heavy atom. The summed E-state index contributed by atoms with van der Waals surface area (Å²) >= 11 is 0. The van der Waals surface area contributed by atoms with Gasteiger partial charge in [-0.3, -0.25) is 0 Å². The van der Waals surface area contributed by atoms with E-state index < -0.39 is 0 Å². The molecule has 0 amide bonds. The minimum Gasteiger partial charge on any atom is -0.311 e. The molecule has 0 saturated carbocycles. The molecule has 9 heteroatoms. The zero-order valence-corrected chi connectivity index (χ0v) is 53.3. The van der Waals surface area contributed by atoms with Crippen molar-refractivity contribution in [3.05, 3.63) is 333 Å². The van der Waals surface area contributed by atoms with Gasteiger partial charge in [0.25, 0.3) is 6.71 Å². The van der Waals surface area contributed by atoms with Crippen molar-refractivity contribution in [1.29, 1.82) is 0 Å². The van der Waals surface area contributed by atoms with Crippen LogP contribution in [0.4, 0.5) is 34.1 Å². The van der Waals surface area contributed by atoms with Crippen molar-refractivity contribution >= 4 is 79.0 Å². The Balaban J connectivity index is 0.826. The van der Waals surface area contributed by atoms with Gasteiger partial charge in [0.15, 0.2) is 23.3 Å². The lowest BCUT2D eigenvalue weighted by atomic mass is 9.33. The maximum absolute atomic E-state index is 5.76. The molecule has 0 bridgehead atoms. The minimum absolute atomic E-state index is 0.0231. The first kappa shape index (κ1) is 56.0. The lowest BCUT2D eigenvalue weighted by Crippen LogP contribution is -2.61. The molecule has 0 saturated heterocycles. The highest BCUT2D eigenvalue weighted by atomic mass is 15.2. The van der Waals surface area contributed by atoms with Gasteiger partial charge >= 0.3 is 0 Å². The van der Waals surface area contributed by atoms with Crippen LogP contribution in [-0.2, 0) is 5.41 Å². The van der Waals surface area contributed by atoms with E-state index in [-0.39, 0.29) is 12.1 Å². The number of aromatic nitrogens is 6. The number of hydrogen-bond donors (Lipinski definition) is 0. The molecule has 0 atom stereocenters. The van der Waals surface area contributed by atoms with Gasteiger partial charge in [-0.15, -0.1) is 0 Å². The van der Waals surface area contributed by atoms with E-state index in [2.05, 4.69) is 289 Å². The number of hydrogen-bond acceptors (Lipinski definition) is 7. The van der Waals surface area contributed by atoms with Gasteiger partial charge in [-0.05, 0) is 129 Å². The molecule has 97 heavy (non-hydrogen) atoms. The summed E-state index contributed by atoms with van der Waals surface area (Å²) in [6.45, 7) is 4.68. The summed E-state index contributed by atoms with van der Waals surface area (Å²) in [6, 6.07) is 115. The second kappa shape index (κ2) is 22.3. The highest BCUT2D eigenvalue weighted by Gasteiger charge is 2.44. The predicted molar refractivity (Wildman–Crippen MR) is 399 cm³/mol. The summed E-state index contributed by atoms with van der Waals surface area (Å²) in [7, 11) is 0. The summed E-state index contributed by atoms with van der Waals surface area (Å²) in [5, 5.41) is 2.33. The molecule has 13 aromatic carbocycles. The van der Waals surface area contributed by atoms with Gasteiger partial charge in [0, 0.05) is 83.6 Å². The summed E-state index contributed by atoms with van der Waals surface area (Å²) < 4.78 is 2.43. The van der Waals surface area contributed by atoms with E-state index in [1.807, 2.05) is 60.7 Å². The maximum atomic E-state index is 5.76. The molecule has 454 valence electrons. The molecule has 3 aromatic heterocycles. The van der Waals surface area contributed by atoms with Crippen LogP contribution in [0.2, 0.25) is 0 Å². The molecule has 0 radical (unpaired) electrons. The molecule has 0 spiro atoms. The van der Waals surface area contributed by atoms with Crippen molar-refractivity contribution < 1.29 is 0 Å². The fourth-order valence-electron chi connectivity index (χ4n) is 15.6. The minimum atomic E-state index is -0.237. The molecule has 0 fully saturated rings. The molecule has 19 rings (SSSR count). The molecule has 16 aromatic rings. The summed E-state index contributed by atoms with van der Waals surface area (Å²) in [6.07, 6.45) is 0. The number of rotatable bonds is 10. The third-order valence-corrected chi connectivity index (χ3v) is 20.1. The number of fused-ring (bicyclic) bond motifs is 10. The average molecular weight is 1240 g/mol. The van der Waals surface area contributed by atoms with Crippen molar-refractivity contribution in [3.63, 3.8) is 0 Å². The van der Waals surface area contributed by atoms with Crippen molar-refractivity contribution in [2.24, 2.45) is 0 Å². The van der Waals surface area contributed by atoms with E-state index in [1.165, 1.54) is 49.7 Å². The number of anilines is 6. The van der Waals surface area contributed by atoms with E-state index in [1.54, 1.807) is 0 Å². The standard InChI is InChI=1S/C88H59BN8/c1-88(2)70-38-20-18-36-65(70)67-53-68-66-37-19-23-41-76(66)97(81(68)54-71(67)88)77-50-48-61(86-93-84(59-28-10-4-11-29-59)92-85(94-86)60-30-12-5-13-31-60)52-69(77)87-90-74(57-26-8-3-9-27-57)55-75(91-87)58-46-44-56(45-47-58)64-49-51-80-82-83(64)96(63-34-16-7-17-35-63)79-43-25-22-40-73(79)89(82)72-39-21-24-42-78(72)95(80)62-32-14-6-15-33-62/h3-55H,1-2H3. The average Bonchev–Trinajstić information content (AvgIpc) is 1.52. The van der Waals surface area contributed by atoms with Crippen molar-refractivity contribution in [2.75, 3.05) is 9.80 Å². The Morgan fingerprint density at radius 1 is 0.289 bits per heavy atom. The van der Waals surface area contributed by atoms with Crippen LogP contribution in [0.25, 0.3) is 118 Å². The van der Waals surface area contributed by atoms with Crippen molar-refractivity contribution in [1.82, 2.24) is 29.5 Å². The normalized spacial score (nSPS) is 13.1. The van der Waals surface area contributed by atoms with Gasteiger partial charge in [0.1, 0.15) is 0 Å². The van der Waals surface area contributed by atoms with Crippen LogP contribution in [0.1, 0.15) is 25.0 Å². The first-order valence-corrected chi connectivity index (χ1v) is 33.2. The van der Waals surface area contributed by atoms with E-state index in [0.29, 0.717) is 23.3 Å². The van der Waals surface area contributed by atoms with Gasteiger partial charge in [0.05, 0.1) is 33.8 Å². The lowest BCUT2D eigenvalue weighted by Gasteiger charge is -2.45. The Hall–Kier alpha value is -12.6. The van der Waals surface area contributed by atoms with Gasteiger partial charge in [-0.2, -0.15) is 0 Å². The first-order valence-electron chi connectivity index (χ1n) is 33.2. The fraction of sp³-hybridized carbons (Fsp3) is 0.0341. The van der Waals surface area contributed by atoms with Gasteiger partial charge in [-0.1, -0.05) is 250 Å². The lowest BCUT2D eigenvalue weighted by molar-refractivity contribution is 0.661. The van der Waals surface area contributed by atoms with Crippen LogP contribution < -0.4 is 26.2 Å². The Bertz CT molecular complexity index is 5730. The SMILES string of the molecule is CC1(C)c2ccccc2-c2cc3c4ccccc4n(-c4ccc(-c5nc(-c6ccccc6)nc(-c6ccccc6)n5)cc4-c4nc(-c5ccccc5)cc(-c5ccc(-c6ccc7c8c6N(c6ccccc6)c6ccccc6B8c6ccccc6N7c6ccccc6)cc5)n4)c3cc21. The molecule has 2 aliphatic heterocycles. The van der Waals surface area contributed by atoms with Crippen molar-refractivity contribution in [3.8, 4) is 96.0 Å².